The summed E-state index contributed by atoms with van der Waals surface area (Å²) in [7, 11) is 0. The van der Waals surface area contributed by atoms with E-state index in [1.165, 1.54) is 0 Å². The highest BCUT2D eigenvalue weighted by Crippen LogP contribution is 2.20. The molecule has 0 unspecified atom stereocenters. The number of nitrogens with one attached hydrogen (secondary N) is 4. The topological polar surface area (TPSA) is 116 Å². The van der Waals surface area contributed by atoms with Gasteiger partial charge in [0.1, 0.15) is 5.69 Å². The number of amides is 2. The number of carbonyl (C=O) groups excluding carboxylic acids is 3. The summed E-state index contributed by atoms with van der Waals surface area (Å²) in [6.07, 6.45) is 1.31. The fraction of sp³-hybridized carbons (Fsp3) is 0.250. The van der Waals surface area contributed by atoms with Crippen LogP contribution in [0.15, 0.2) is 30.5 Å². The fourth-order valence-electron chi connectivity index (χ4n) is 3.06. The number of aromatic amines is 2. The van der Waals surface area contributed by atoms with Crippen molar-refractivity contribution in [2.75, 3.05) is 0 Å². The quantitative estimate of drug-likeness (QED) is 0.410. The lowest BCUT2D eigenvalue weighted by atomic mass is 10.1. The molecule has 1 aromatic carbocycles. The Kier molecular flexibility index (Phi) is 5.21. The van der Waals surface area contributed by atoms with Gasteiger partial charge in [-0.15, -0.1) is 0 Å². The normalized spacial score (nSPS) is 10.9. The van der Waals surface area contributed by atoms with Gasteiger partial charge in [-0.2, -0.15) is 0 Å². The number of H-pyrrole nitrogens is 2. The van der Waals surface area contributed by atoms with E-state index < -0.39 is 17.8 Å². The number of hydrogen-bond donors (Lipinski definition) is 4. The van der Waals surface area contributed by atoms with Crippen molar-refractivity contribution >= 4 is 28.7 Å². The highest BCUT2D eigenvalue weighted by atomic mass is 16.5. The van der Waals surface area contributed by atoms with Gasteiger partial charge in [0.2, 0.25) is 0 Å². The molecule has 0 spiro atoms. The maximum atomic E-state index is 12.5. The molecule has 8 nitrogen and oxygen atoms in total. The van der Waals surface area contributed by atoms with E-state index in [1.807, 2.05) is 24.3 Å². The van der Waals surface area contributed by atoms with E-state index in [4.69, 9.17) is 4.74 Å². The summed E-state index contributed by atoms with van der Waals surface area (Å²) in [5.74, 6) is -1.51. The number of hydrazine groups is 1. The van der Waals surface area contributed by atoms with Crippen LogP contribution in [0, 0.1) is 13.8 Å². The zero-order chi connectivity index (χ0) is 20.4. The van der Waals surface area contributed by atoms with Crippen molar-refractivity contribution in [3.05, 3.63) is 58.5 Å². The molecular formula is C20H22N4O4. The number of ether oxygens (including phenoxy) is 1. The van der Waals surface area contributed by atoms with Gasteiger partial charge in [-0.3, -0.25) is 20.4 Å². The van der Waals surface area contributed by atoms with Gasteiger partial charge in [-0.25, -0.2) is 4.79 Å². The van der Waals surface area contributed by atoms with Crippen LogP contribution in [-0.4, -0.2) is 33.9 Å². The lowest BCUT2D eigenvalue weighted by Gasteiger charge is -2.09. The van der Waals surface area contributed by atoms with E-state index in [9.17, 15) is 14.4 Å². The summed E-state index contributed by atoms with van der Waals surface area (Å²) >= 11 is 0. The molecule has 0 saturated carbocycles. The van der Waals surface area contributed by atoms with E-state index in [-0.39, 0.29) is 11.8 Å². The second kappa shape index (κ2) is 7.59. The molecule has 8 heteroatoms. The van der Waals surface area contributed by atoms with Crippen LogP contribution in [-0.2, 0) is 4.74 Å². The Morgan fingerprint density at radius 2 is 1.71 bits per heavy atom. The Hall–Kier alpha value is -3.55. The second-order valence-corrected chi connectivity index (χ2v) is 6.74. The summed E-state index contributed by atoms with van der Waals surface area (Å²) in [4.78, 5) is 43.0. The van der Waals surface area contributed by atoms with E-state index in [2.05, 4.69) is 20.8 Å². The predicted octanol–water partition coefficient (Wildman–Crippen LogP) is 2.75. The number of carbonyl (C=O) groups is 3. The van der Waals surface area contributed by atoms with Crippen molar-refractivity contribution in [2.45, 2.75) is 33.8 Å². The van der Waals surface area contributed by atoms with Gasteiger partial charge < -0.3 is 14.7 Å². The highest BCUT2D eigenvalue weighted by Gasteiger charge is 2.24. The molecule has 3 aromatic rings. The molecular weight excluding hydrogens is 360 g/mol. The lowest BCUT2D eigenvalue weighted by Crippen LogP contribution is -2.42. The van der Waals surface area contributed by atoms with Gasteiger partial charge in [0.05, 0.1) is 17.2 Å². The number of hydrogen-bond acceptors (Lipinski definition) is 4. The first-order valence-electron chi connectivity index (χ1n) is 8.86. The third kappa shape index (κ3) is 3.62. The molecule has 2 heterocycles. The summed E-state index contributed by atoms with van der Waals surface area (Å²) in [6, 6.07) is 7.36. The van der Waals surface area contributed by atoms with Gasteiger partial charge in [0.25, 0.3) is 11.8 Å². The zero-order valence-corrected chi connectivity index (χ0v) is 16.1. The minimum absolute atomic E-state index is 0.187. The zero-order valence-electron chi connectivity index (χ0n) is 16.1. The third-order valence-electron chi connectivity index (χ3n) is 4.33. The maximum Gasteiger partial charge on any atom is 0.340 e. The molecule has 3 rings (SSSR count). The van der Waals surface area contributed by atoms with Gasteiger partial charge in [0.15, 0.2) is 0 Å². The van der Waals surface area contributed by atoms with Gasteiger partial charge in [-0.05, 0) is 39.3 Å². The smallest absolute Gasteiger partial charge is 0.340 e. The first-order chi connectivity index (χ1) is 13.3. The predicted molar refractivity (Wildman–Crippen MR) is 104 cm³/mol. The molecule has 146 valence electrons. The van der Waals surface area contributed by atoms with Crippen molar-refractivity contribution in [1.29, 1.82) is 0 Å². The molecule has 2 amide bonds. The van der Waals surface area contributed by atoms with Crippen LogP contribution in [0.1, 0.15) is 56.3 Å². The van der Waals surface area contributed by atoms with Crippen LogP contribution < -0.4 is 10.9 Å². The third-order valence-corrected chi connectivity index (χ3v) is 4.33. The lowest BCUT2D eigenvalue weighted by molar-refractivity contribution is 0.0376. The van der Waals surface area contributed by atoms with Crippen LogP contribution in [0.5, 0.6) is 0 Å². The molecule has 0 aliphatic rings. The number of fused-ring (bicyclic) bond motifs is 1. The van der Waals surface area contributed by atoms with Crippen molar-refractivity contribution in [2.24, 2.45) is 0 Å². The fourth-order valence-corrected chi connectivity index (χ4v) is 3.06. The van der Waals surface area contributed by atoms with Crippen LogP contribution in [0.25, 0.3) is 10.9 Å². The van der Waals surface area contributed by atoms with Gasteiger partial charge in [0, 0.05) is 22.8 Å². The Labute approximate surface area is 161 Å². The summed E-state index contributed by atoms with van der Waals surface area (Å²) in [6.45, 7) is 6.84. The standard InChI is InChI=1S/C20H22N4O4/c1-10(2)28-20(27)16-11(3)17(22-12(16)4)19(26)24-23-18(25)14-9-21-15-8-6-5-7-13(14)15/h5-10,21-22H,1-4H3,(H,23,25)(H,24,26). The largest absolute Gasteiger partial charge is 0.459 e. The van der Waals surface area contributed by atoms with E-state index in [0.717, 1.165) is 10.9 Å². The molecule has 0 aliphatic heterocycles. The Bertz CT molecular complexity index is 1060. The monoisotopic (exact) mass is 382 g/mol. The molecule has 0 aliphatic carbocycles. The average molecular weight is 382 g/mol. The van der Waals surface area contributed by atoms with Crippen LogP contribution >= 0.6 is 0 Å². The summed E-state index contributed by atoms with van der Waals surface area (Å²) < 4.78 is 5.22. The molecule has 0 saturated heterocycles. The maximum absolute atomic E-state index is 12.5. The van der Waals surface area contributed by atoms with Crippen molar-refractivity contribution in [1.82, 2.24) is 20.8 Å². The Balaban J connectivity index is 1.73. The first kappa shape index (κ1) is 19.2. The number of benzene rings is 1. The molecule has 0 atom stereocenters. The van der Waals surface area contributed by atoms with Crippen LogP contribution in [0.2, 0.25) is 0 Å². The van der Waals surface area contributed by atoms with Crippen molar-refractivity contribution in [3.8, 4) is 0 Å². The van der Waals surface area contributed by atoms with Gasteiger partial charge in [-0.1, -0.05) is 18.2 Å². The number of aryl methyl sites for hydroxylation is 1. The summed E-state index contributed by atoms with van der Waals surface area (Å²) in [5.41, 5.74) is 7.50. The van der Waals surface area contributed by atoms with Crippen molar-refractivity contribution in [3.63, 3.8) is 0 Å². The van der Waals surface area contributed by atoms with Gasteiger partial charge >= 0.3 is 5.97 Å². The minimum Gasteiger partial charge on any atom is -0.459 e. The average Bonchev–Trinajstić information content (AvgIpc) is 3.19. The minimum atomic E-state index is -0.558. The number of para-hydroxylation sites is 1. The summed E-state index contributed by atoms with van der Waals surface area (Å²) in [5, 5.41) is 0.750. The van der Waals surface area contributed by atoms with Crippen LogP contribution in [0.3, 0.4) is 0 Å². The molecule has 0 fully saturated rings. The number of rotatable bonds is 4. The molecule has 28 heavy (non-hydrogen) atoms. The first-order valence-corrected chi connectivity index (χ1v) is 8.86. The molecule has 0 radical (unpaired) electrons. The second-order valence-electron chi connectivity index (χ2n) is 6.74. The molecule has 2 aromatic heterocycles. The Morgan fingerprint density at radius 3 is 2.43 bits per heavy atom. The van der Waals surface area contributed by atoms with E-state index in [0.29, 0.717) is 22.4 Å². The van der Waals surface area contributed by atoms with Crippen molar-refractivity contribution < 1.29 is 19.1 Å². The van der Waals surface area contributed by atoms with E-state index >= 15 is 0 Å². The number of aromatic nitrogens is 2. The molecule has 4 N–H and O–H groups in total. The Morgan fingerprint density at radius 1 is 1.04 bits per heavy atom. The van der Waals surface area contributed by atoms with E-state index in [1.54, 1.807) is 33.9 Å². The highest BCUT2D eigenvalue weighted by molar-refractivity contribution is 6.08. The molecule has 0 bridgehead atoms. The van der Waals surface area contributed by atoms with Crippen LogP contribution in [0.4, 0.5) is 0 Å². The SMILES string of the molecule is Cc1[nH]c(C(=O)NNC(=O)c2c[nH]c3ccccc23)c(C)c1C(=O)OC(C)C. The number of esters is 1.